The fourth-order valence-corrected chi connectivity index (χ4v) is 2.13. The molecule has 0 bridgehead atoms. The van der Waals surface area contributed by atoms with E-state index < -0.39 is 0 Å². The van der Waals surface area contributed by atoms with Crippen molar-refractivity contribution in [2.45, 2.75) is 12.8 Å². The van der Waals surface area contributed by atoms with Gasteiger partial charge in [-0.3, -0.25) is 4.79 Å². The van der Waals surface area contributed by atoms with Crippen LogP contribution in [0.5, 0.6) is 0 Å². The van der Waals surface area contributed by atoms with Crippen LogP contribution in [0.25, 0.3) is 0 Å². The van der Waals surface area contributed by atoms with Crippen LogP contribution in [0.15, 0.2) is 24.3 Å². The normalized spacial score (nSPS) is 20.0. The van der Waals surface area contributed by atoms with Crippen molar-refractivity contribution in [3.8, 4) is 0 Å². The molecule has 0 spiro atoms. The minimum absolute atomic E-state index is 0.0406. The van der Waals surface area contributed by atoms with Crippen molar-refractivity contribution in [1.82, 2.24) is 5.32 Å². The van der Waals surface area contributed by atoms with Crippen molar-refractivity contribution < 1.29 is 9.18 Å². The number of nitrogens with one attached hydrogen (secondary N) is 1. The number of nitrogens with zero attached hydrogens (tertiary/aromatic N) is 1. The molecule has 0 saturated carbocycles. The van der Waals surface area contributed by atoms with Gasteiger partial charge in [-0.15, -0.1) is 0 Å². The first-order valence-corrected chi connectivity index (χ1v) is 5.92. The van der Waals surface area contributed by atoms with E-state index in [1.165, 1.54) is 12.1 Å². The molecule has 1 aromatic rings. The molecule has 1 heterocycles. The maximum absolute atomic E-state index is 12.8. The van der Waals surface area contributed by atoms with E-state index in [0.717, 1.165) is 31.6 Å². The van der Waals surface area contributed by atoms with E-state index in [9.17, 15) is 9.18 Å². The highest BCUT2D eigenvalue weighted by molar-refractivity contribution is 5.94. The highest BCUT2D eigenvalue weighted by Crippen LogP contribution is 2.19. The van der Waals surface area contributed by atoms with Crippen LogP contribution in [-0.2, 0) is 4.79 Å². The molecule has 0 aliphatic carbocycles. The summed E-state index contributed by atoms with van der Waals surface area (Å²) in [5.41, 5.74) is 0.738. The average molecular weight is 236 g/mol. The molecule has 0 aromatic heterocycles. The Hall–Kier alpha value is -1.42. The maximum atomic E-state index is 12.8. The number of hydrogen-bond acceptors (Lipinski definition) is 2. The van der Waals surface area contributed by atoms with Crippen LogP contribution < -0.4 is 10.2 Å². The van der Waals surface area contributed by atoms with E-state index in [2.05, 4.69) is 5.32 Å². The third-order valence-electron chi connectivity index (χ3n) is 3.19. The van der Waals surface area contributed by atoms with Gasteiger partial charge in [-0.05, 0) is 43.7 Å². The number of benzene rings is 1. The third-order valence-corrected chi connectivity index (χ3v) is 3.19. The minimum Gasteiger partial charge on any atom is -0.316 e. The lowest BCUT2D eigenvalue weighted by molar-refractivity contribution is -0.122. The lowest BCUT2D eigenvalue weighted by Gasteiger charge is -2.27. The molecule has 0 unspecified atom stereocenters. The summed E-state index contributed by atoms with van der Waals surface area (Å²) in [4.78, 5) is 13.8. The van der Waals surface area contributed by atoms with Gasteiger partial charge in [0, 0.05) is 19.3 Å². The van der Waals surface area contributed by atoms with Crippen LogP contribution in [0.4, 0.5) is 10.1 Å². The molecule has 2 rings (SSSR count). The Morgan fingerprint density at radius 1 is 1.41 bits per heavy atom. The van der Waals surface area contributed by atoms with Gasteiger partial charge in [0.25, 0.3) is 0 Å². The fourth-order valence-electron chi connectivity index (χ4n) is 2.13. The fraction of sp³-hybridized carbons (Fsp3) is 0.462. The Morgan fingerprint density at radius 3 is 2.71 bits per heavy atom. The standard InChI is InChI=1S/C13H17FN2O/c1-16(12-6-4-11(14)5-7-12)13(17)10-3-2-8-15-9-10/h4-7,10,15H,2-3,8-9H2,1H3/t10-/m1/s1. The van der Waals surface area contributed by atoms with Gasteiger partial charge in [0.05, 0.1) is 5.92 Å². The van der Waals surface area contributed by atoms with Crippen LogP contribution in [0.2, 0.25) is 0 Å². The summed E-state index contributed by atoms with van der Waals surface area (Å²) in [5, 5.41) is 3.22. The van der Waals surface area contributed by atoms with Crippen molar-refractivity contribution in [1.29, 1.82) is 0 Å². The van der Waals surface area contributed by atoms with Gasteiger partial charge in [0.1, 0.15) is 5.82 Å². The Bertz CT molecular complexity index is 385. The molecular formula is C13H17FN2O. The van der Waals surface area contributed by atoms with Gasteiger partial charge in [-0.2, -0.15) is 0 Å². The number of hydrogen-bond donors (Lipinski definition) is 1. The zero-order valence-electron chi connectivity index (χ0n) is 9.95. The first kappa shape index (κ1) is 12.0. The Morgan fingerprint density at radius 2 is 2.12 bits per heavy atom. The molecule has 0 radical (unpaired) electrons. The highest BCUT2D eigenvalue weighted by Gasteiger charge is 2.24. The van der Waals surface area contributed by atoms with Crippen molar-refractivity contribution >= 4 is 11.6 Å². The van der Waals surface area contributed by atoms with E-state index in [0.29, 0.717) is 0 Å². The highest BCUT2D eigenvalue weighted by atomic mass is 19.1. The van der Waals surface area contributed by atoms with Crippen molar-refractivity contribution in [3.63, 3.8) is 0 Å². The number of carbonyl (C=O) groups is 1. The van der Waals surface area contributed by atoms with Crippen LogP contribution in [-0.4, -0.2) is 26.0 Å². The van der Waals surface area contributed by atoms with E-state index in [4.69, 9.17) is 0 Å². The quantitative estimate of drug-likeness (QED) is 0.849. The first-order valence-electron chi connectivity index (χ1n) is 5.92. The Balaban J connectivity index is 2.05. The summed E-state index contributed by atoms with van der Waals surface area (Å²) < 4.78 is 12.8. The molecule has 1 fully saturated rings. The molecule has 1 aromatic carbocycles. The predicted molar refractivity (Wildman–Crippen MR) is 65.4 cm³/mol. The molecule has 1 atom stereocenters. The van der Waals surface area contributed by atoms with Gasteiger partial charge in [0.15, 0.2) is 0 Å². The Kier molecular flexibility index (Phi) is 3.74. The minimum atomic E-state index is -0.283. The summed E-state index contributed by atoms with van der Waals surface area (Å²) in [6.45, 7) is 1.73. The van der Waals surface area contributed by atoms with Gasteiger partial charge >= 0.3 is 0 Å². The third kappa shape index (κ3) is 2.82. The predicted octanol–water partition coefficient (Wildman–Crippen LogP) is 1.79. The Labute approximate surface area is 101 Å². The van der Waals surface area contributed by atoms with E-state index in [1.807, 2.05) is 0 Å². The van der Waals surface area contributed by atoms with E-state index >= 15 is 0 Å². The zero-order valence-corrected chi connectivity index (χ0v) is 9.95. The van der Waals surface area contributed by atoms with Crippen LogP contribution in [0.1, 0.15) is 12.8 Å². The molecular weight excluding hydrogens is 219 g/mol. The van der Waals surface area contributed by atoms with Gasteiger partial charge < -0.3 is 10.2 Å². The lowest BCUT2D eigenvalue weighted by atomic mass is 9.98. The maximum Gasteiger partial charge on any atom is 0.231 e. The molecule has 1 aliphatic rings. The van der Waals surface area contributed by atoms with Crippen molar-refractivity contribution in [2.24, 2.45) is 5.92 Å². The van der Waals surface area contributed by atoms with E-state index in [-0.39, 0.29) is 17.6 Å². The summed E-state index contributed by atoms with van der Waals surface area (Å²) in [7, 11) is 1.74. The number of anilines is 1. The molecule has 3 nitrogen and oxygen atoms in total. The molecule has 1 saturated heterocycles. The molecule has 1 amide bonds. The second-order valence-electron chi connectivity index (χ2n) is 4.42. The largest absolute Gasteiger partial charge is 0.316 e. The van der Waals surface area contributed by atoms with Crippen LogP contribution in [0, 0.1) is 11.7 Å². The molecule has 4 heteroatoms. The summed E-state index contributed by atoms with van der Waals surface area (Å²) in [6, 6.07) is 6.00. The van der Waals surface area contributed by atoms with Gasteiger partial charge in [-0.25, -0.2) is 4.39 Å². The lowest BCUT2D eigenvalue weighted by Crippen LogP contribution is -2.41. The average Bonchev–Trinajstić information content (AvgIpc) is 2.39. The smallest absolute Gasteiger partial charge is 0.231 e. The number of halogens is 1. The van der Waals surface area contributed by atoms with Crippen molar-refractivity contribution in [3.05, 3.63) is 30.1 Å². The van der Waals surface area contributed by atoms with Gasteiger partial charge in [0.2, 0.25) is 5.91 Å². The summed E-state index contributed by atoms with van der Waals surface area (Å²) in [5.74, 6) is -0.142. The topological polar surface area (TPSA) is 32.3 Å². The molecule has 1 aliphatic heterocycles. The number of carbonyl (C=O) groups excluding carboxylic acids is 1. The second-order valence-corrected chi connectivity index (χ2v) is 4.42. The van der Waals surface area contributed by atoms with E-state index in [1.54, 1.807) is 24.1 Å². The number of amides is 1. The summed E-state index contributed by atoms with van der Waals surface area (Å²) >= 11 is 0. The van der Waals surface area contributed by atoms with Crippen LogP contribution in [0.3, 0.4) is 0 Å². The second kappa shape index (κ2) is 5.27. The summed E-state index contributed by atoms with van der Waals surface area (Å²) in [6.07, 6.45) is 1.96. The molecule has 1 N–H and O–H groups in total. The SMILES string of the molecule is CN(C(=O)[C@@H]1CCCNC1)c1ccc(F)cc1. The van der Waals surface area contributed by atoms with Crippen LogP contribution >= 0.6 is 0 Å². The number of piperidine rings is 1. The molecule has 17 heavy (non-hydrogen) atoms. The van der Waals surface area contributed by atoms with Crippen molar-refractivity contribution in [2.75, 3.05) is 25.0 Å². The number of rotatable bonds is 2. The first-order chi connectivity index (χ1) is 8.18. The zero-order chi connectivity index (χ0) is 12.3. The monoisotopic (exact) mass is 236 g/mol. The van der Waals surface area contributed by atoms with Gasteiger partial charge in [-0.1, -0.05) is 0 Å². The molecule has 92 valence electrons.